The summed E-state index contributed by atoms with van der Waals surface area (Å²) >= 11 is 0. The van der Waals surface area contributed by atoms with Crippen LogP contribution >= 0.6 is 0 Å². The van der Waals surface area contributed by atoms with Gasteiger partial charge in [-0.2, -0.15) is 0 Å². The van der Waals surface area contributed by atoms with E-state index in [0.29, 0.717) is 0 Å². The molecule has 2 saturated heterocycles. The Morgan fingerprint density at radius 2 is 1.92 bits per heavy atom. The van der Waals surface area contributed by atoms with Crippen LogP contribution in [0.3, 0.4) is 0 Å². The second-order valence-electron chi connectivity index (χ2n) is 5.86. The molecule has 132 valence electrons. The maximum Gasteiger partial charge on any atom is 0.270 e. The number of halogens is 6. The summed E-state index contributed by atoms with van der Waals surface area (Å²) in [5.74, 6) is -2.09. The van der Waals surface area contributed by atoms with Crippen molar-refractivity contribution in [2.45, 2.75) is 31.5 Å². The Morgan fingerprint density at radius 3 is 2.50 bits per heavy atom. The van der Waals surface area contributed by atoms with Crippen molar-refractivity contribution < 1.29 is 31.1 Å². The number of nitrogens with zero attached hydrogens (tertiary/aromatic N) is 3. The second-order valence-corrected chi connectivity index (χ2v) is 5.86. The van der Waals surface area contributed by atoms with Crippen molar-refractivity contribution >= 4 is 5.91 Å². The van der Waals surface area contributed by atoms with Gasteiger partial charge in [-0.05, 0) is 18.1 Å². The second kappa shape index (κ2) is 5.91. The molecule has 1 aromatic rings. The molecule has 0 aliphatic carbocycles. The number of amides is 1. The van der Waals surface area contributed by atoms with Crippen LogP contribution < -0.4 is 0 Å². The minimum absolute atomic E-state index is 0.0946. The molecule has 0 bridgehead atoms. The lowest BCUT2D eigenvalue weighted by Gasteiger charge is -2.30. The molecule has 3 rings (SSSR count). The molecular weight excluding hydrogens is 340 g/mol. The first-order valence-electron chi connectivity index (χ1n) is 7.18. The number of alkyl halides is 5. The summed E-state index contributed by atoms with van der Waals surface area (Å²) in [6.07, 6.45) is -8.12. The number of hydrogen-bond acceptors (Lipinski definition) is 3. The summed E-state index contributed by atoms with van der Waals surface area (Å²) in [7, 11) is 0. The van der Waals surface area contributed by atoms with Crippen molar-refractivity contribution in [3.05, 3.63) is 29.8 Å². The lowest BCUT2D eigenvalue weighted by Crippen LogP contribution is -2.51. The molecule has 3 heterocycles. The molecule has 2 aliphatic heterocycles. The van der Waals surface area contributed by atoms with Gasteiger partial charge in [0.1, 0.15) is 5.82 Å². The molecule has 2 fully saturated rings. The highest BCUT2D eigenvalue weighted by molar-refractivity contribution is 5.86. The van der Waals surface area contributed by atoms with Crippen molar-refractivity contribution in [2.24, 2.45) is 5.41 Å². The first kappa shape index (κ1) is 17.0. The Kier molecular flexibility index (Phi) is 4.18. The fourth-order valence-corrected chi connectivity index (χ4v) is 3.34. The predicted molar refractivity (Wildman–Crippen MR) is 69.3 cm³/mol. The van der Waals surface area contributed by atoms with Crippen LogP contribution in [0, 0.1) is 11.2 Å². The topological polar surface area (TPSA) is 36.4 Å². The van der Waals surface area contributed by atoms with Crippen molar-refractivity contribution in [1.82, 2.24) is 15.0 Å². The van der Waals surface area contributed by atoms with Crippen LogP contribution in [0.25, 0.3) is 0 Å². The summed E-state index contributed by atoms with van der Waals surface area (Å²) in [6.45, 7) is -0.744. The lowest BCUT2D eigenvalue weighted by atomic mass is 9.82. The minimum atomic E-state index is -3.71. The van der Waals surface area contributed by atoms with Crippen molar-refractivity contribution in [3.63, 3.8) is 0 Å². The molecule has 0 aromatic carbocycles. The average Bonchev–Trinajstić information content (AvgIpc) is 3.05. The molecule has 4 nitrogen and oxygen atoms in total. The van der Waals surface area contributed by atoms with E-state index in [1.165, 1.54) is 6.20 Å². The Labute approximate surface area is 133 Å². The normalized spacial score (nSPS) is 28.9. The van der Waals surface area contributed by atoms with Crippen LogP contribution in [0.1, 0.15) is 18.0 Å². The Hall–Kier alpha value is -1.84. The third-order valence-electron chi connectivity index (χ3n) is 4.52. The number of hydrogen-bond donors (Lipinski definition) is 0. The molecule has 0 spiro atoms. The lowest BCUT2D eigenvalue weighted by molar-refractivity contribution is -0.160. The van der Waals surface area contributed by atoms with E-state index in [2.05, 4.69) is 4.98 Å². The number of fused-ring (bicyclic) bond motifs is 1. The zero-order valence-electron chi connectivity index (χ0n) is 12.2. The molecule has 0 radical (unpaired) electrons. The third-order valence-corrected chi connectivity index (χ3v) is 4.52. The molecule has 0 saturated carbocycles. The average molecular weight is 353 g/mol. The molecule has 3 unspecified atom stereocenters. The van der Waals surface area contributed by atoms with E-state index in [4.69, 9.17) is 0 Å². The molecular formula is C14H13F6N3O. The summed E-state index contributed by atoms with van der Waals surface area (Å²) in [4.78, 5) is 16.1. The van der Waals surface area contributed by atoms with Crippen molar-refractivity contribution in [2.75, 3.05) is 13.1 Å². The highest BCUT2D eigenvalue weighted by Gasteiger charge is 2.66. The fraction of sp³-hybridized carbons (Fsp3) is 0.571. The number of hydrazine groups is 1. The standard InChI is InChI=1S/C14H13F6N3O/c15-8-3-7(4-21-5-8)9-1-2-22-6-14(12(19)20,10(16)11(17)18)13(24)23(9)22/h3-5,9-12H,1-2,6H2. The van der Waals surface area contributed by atoms with Gasteiger partial charge in [0.05, 0.1) is 12.2 Å². The summed E-state index contributed by atoms with van der Waals surface area (Å²) in [5.41, 5.74) is -2.88. The van der Waals surface area contributed by atoms with Gasteiger partial charge in [0.2, 0.25) is 0 Å². The van der Waals surface area contributed by atoms with E-state index in [1.807, 2.05) is 0 Å². The first-order valence-corrected chi connectivity index (χ1v) is 7.18. The van der Waals surface area contributed by atoms with E-state index >= 15 is 0 Å². The summed E-state index contributed by atoms with van der Waals surface area (Å²) < 4.78 is 79.6. The van der Waals surface area contributed by atoms with Gasteiger partial charge < -0.3 is 0 Å². The van der Waals surface area contributed by atoms with Gasteiger partial charge in [0.15, 0.2) is 11.6 Å². The van der Waals surface area contributed by atoms with Gasteiger partial charge >= 0.3 is 0 Å². The van der Waals surface area contributed by atoms with Gasteiger partial charge in [-0.1, -0.05) is 0 Å². The number of rotatable bonds is 4. The van der Waals surface area contributed by atoms with E-state index in [-0.39, 0.29) is 18.5 Å². The van der Waals surface area contributed by atoms with Crippen LogP contribution in [0.2, 0.25) is 0 Å². The van der Waals surface area contributed by atoms with E-state index in [0.717, 1.165) is 22.3 Å². The summed E-state index contributed by atoms with van der Waals surface area (Å²) in [6, 6.07) is 0.239. The SMILES string of the molecule is O=C1N2C(c3cncc(F)c3)CCN2CC1(C(F)F)C(F)C(F)F. The van der Waals surface area contributed by atoms with E-state index in [9.17, 15) is 31.1 Å². The van der Waals surface area contributed by atoms with Crippen LogP contribution in [0.15, 0.2) is 18.5 Å². The molecule has 3 atom stereocenters. The van der Waals surface area contributed by atoms with Gasteiger partial charge in [-0.3, -0.25) is 14.8 Å². The predicted octanol–water partition coefficient (Wildman–Crippen LogP) is 2.58. The van der Waals surface area contributed by atoms with Crippen molar-refractivity contribution in [1.29, 1.82) is 0 Å². The van der Waals surface area contributed by atoms with Gasteiger partial charge in [-0.25, -0.2) is 31.4 Å². The highest BCUT2D eigenvalue weighted by atomic mass is 19.3. The zero-order chi connectivity index (χ0) is 17.6. The molecule has 10 heteroatoms. The maximum atomic E-state index is 13.9. The fourth-order valence-electron chi connectivity index (χ4n) is 3.34. The van der Waals surface area contributed by atoms with Crippen molar-refractivity contribution in [3.8, 4) is 0 Å². The first-order chi connectivity index (χ1) is 11.3. The molecule has 1 aromatic heterocycles. The number of carbonyl (C=O) groups excluding carboxylic acids is 1. The molecule has 0 N–H and O–H groups in total. The van der Waals surface area contributed by atoms with Crippen LogP contribution in [0.4, 0.5) is 26.3 Å². The van der Waals surface area contributed by atoms with E-state index < -0.39 is 48.7 Å². The smallest absolute Gasteiger partial charge is 0.270 e. The van der Waals surface area contributed by atoms with Crippen LogP contribution in [0.5, 0.6) is 0 Å². The Balaban J connectivity index is 1.97. The monoisotopic (exact) mass is 353 g/mol. The van der Waals surface area contributed by atoms with E-state index in [1.54, 1.807) is 0 Å². The minimum Gasteiger partial charge on any atom is -0.272 e. The molecule has 24 heavy (non-hydrogen) atoms. The third kappa shape index (κ3) is 2.35. The van der Waals surface area contributed by atoms with Gasteiger partial charge in [0.25, 0.3) is 18.8 Å². The van der Waals surface area contributed by atoms with Gasteiger partial charge in [-0.15, -0.1) is 0 Å². The Morgan fingerprint density at radius 1 is 1.21 bits per heavy atom. The number of pyridine rings is 1. The zero-order valence-corrected chi connectivity index (χ0v) is 12.2. The number of carbonyl (C=O) groups is 1. The highest BCUT2D eigenvalue weighted by Crippen LogP contribution is 2.48. The number of aromatic nitrogens is 1. The Bertz CT molecular complexity index is 645. The van der Waals surface area contributed by atoms with Crippen LogP contribution in [-0.4, -0.2) is 53.0 Å². The largest absolute Gasteiger partial charge is 0.272 e. The molecule has 1 amide bonds. The van der Waals surface area contributed by atoms with Gasteiger partial charge in [0, 0.05) is 19.3 Å². The summed E-state index contributed by atoms with van der Waals surface area (Å²) in [5, 5.41) is 1.97. The maximum absolute atomic E-state index is 13.9. The van der Waals surface area contributed by atoms with Crippen LogP contribution in [-0.2, 0) is 4.79 Å². The quantitative estimate of drug-likeness (QED) is 0.781. The molecule has 2 aliphatic rings.